The molecule has 2 rings (SSSR count). The van der Waals surface area contributed by atoms with Crippen LogP contribution in [0.5, 0.6) is 0 Å². The van der Waals surface area contributed by atoms with Crippen molar-refractivity contribution in [3.8, 4) is 0 Å². The molecule has 1 aliphatic heterocycles. The minimum absolute atomic E-state index is 0.188. The predicted octanol–water partition coefficient (Wildman–Crippen LogP) is 1.60. The molecule has 0 spiro atoms. The van der Waals surface area contributed by atoms with Crippen LogP contribution in [0.15, 0.2) is 17.5 Å². The highest BCUT2D eigenvalue weighted by Gasteiger charge is 2.40. The van der Waals surface area contributed by atoms with Crippen molar-refractivity contribution in [2.45, 2.75) is 25.4 Å². The average Bonchev–Trinajstić information content (AvgIpc) is 2.96. The number of thiophene rings is 1. The second-order valence-electron chi connectivity index (χ2n) is 5.01. The van der Waals surface area contributed by atoms with Crippen molar-refractivity contribution in [3.63, 3.8) is 0 Å². The van der Waals surface area contributed by atoms with Crippen molar-refractivity contribution < 1.29 is 0 Å². The summed E-state index contributed by atoms with van der Waals surface area (Å²) in [5, 5.41) is 2.15. The van der Waals surface area contributed by atoms with Gasteiger partial charge in [0.15, 0.2) is 0 Å². The quantitative estimate of drug-likeness (QED) is 0.865. The zero-order valence-electron chi connectivity index (χ0n) is 10.9. The lowest BCUT2D eigenvalue weighted by molar-refractivity contribution is 0.101. The Bertz CT molecular complexity index is 338. The summed E-state index contributed by atoms with van der Waals surface area (Å²) in [6, 6.07) is 4.35. The molecular weight excluding hydrogens is 230 g/mol. The molecule has 0 radical (unpaired) electrons. The number of nitrogens with zero attached hydrogens (tertiary/aromatic N) is 2. The summed E-state index contributed by atoms with van der Waals surface area (Å²) in [4.78, 5) is 6.39. The molecule has 0 aromatic carbocycles. The molecule has 0 saturated carbocycles. The van der Waals surface area contributed by atoms with Gasteiger partial charge in [-0.25, -0.2) is 0 Å². The largest absolute Gasteiger partial charge is 0.329 e. The molecule has 17 heavy (non-hydrogen) atoms. The van der Waals surface area contributed by atoms with Crippen molar-refractivity contribution in [3.05, 3.63) is 22.4 Å². The van der Waals surface area contributed by atoms with Crippen molar-refractivity contribution in [1.29, 1.82) is 0 Å². The summed E-state index contributed by atoms with van der Waals surface area (Å²) < 4.78 is 0. The van der Waals surface area contributed by atoms with E-state index in [4.69, 9.17) is 5.73 Å². The molecule has 1 saturated heterocycles. The number of rotatable bonds is 5. The topological polar surface area (TPSA) is 32.5 Å². The van der Waals surface area contributed by atoms with E-state index >= 15 is 0 Å². The van der Waals surface area contributed by atoms with E-state index in [0.29, 0.717) is 0 Å². The average molecular weight is 253 g/mol. The Morgan fingerprint density at radius 1 is 1.59 bits per heavy atom. The highest BCUT2D eigenvalue weighted by molar-refractivity contribution is 7.09. The Labute approximate surface area is 108 Å². The van der Waals surface area contributed by atoms with Gasteiger partial charge in [0.05, 0.1) is 0 Å². The summed E-state index contributed by atoms with van der Waals surface area (Å²) in [7, 11) is 2.19. The first kappa shape index (κ1) is 13.0. The minimum atomic E-state index is 0.188. The lowest BCUT2D eigenvalue weighted by Gasteiger charge is -2.39. The molecule has 1 aromatic heterocycles. The minimum Gasteiger partial charge on any atom is -0.329 e. The third-order valence-electron chi connectivity index (χ3n) is 3.88. The van der Waals surface area contributed by atoms with Crippen LogP contribution in [0.2, 0.25) is 0 Å². The highest BCUT2D eigenvalue weighted by Crippen LogP contribution is 2.28. The van der Waals surface area contributed by atoms with Gasteiger partial charge in [-0.3, -0.25) is 4.90 Å². The number of hydrogen-bond acceptors (Lipinski definition) is 4. The molecule has 1 aromatic rings. The van der Waals surface area contributed by atoms with Crippen LogP contribution >= 0.6 is 11.3 Å². The maximum Gasteiger partial charge on any atom is 0.0474 e. The van der Waals surface area contributed by atoms with Crippen LogP contribution in [0.25, 0.3) is 0 Å². The number of hydrogen-bond donors (Lipinski definition) is 1. The van der Waals surface area contributed by atoms with E-state index in [1.54, 1.807) is 0 Å². The smallest absolute Gasteiger partial charge is 0.0474 e. The zero-order chi connectivity index (χ0) is 12.3. The second-order valence-corrected chi connectivity index (χ2v) is 6.04. The molecule has 3 nitrogen and oxygen atoms in total. The molecule has 1 unspecified atom stereocenters. The molecule has 4 heteroatoms. The van der Waals surface area contributed by atoms with E-state index in [1.807, 2.05) is 11.3 Å². The van der Waals surface area contributed by atoms with Crippen LogP contribution in [0.3, 0.4) is 0 Å². The van der Waals surface area contributed by atoms with Crippen LogP contribution in [0, 0.1) is 0 Å². The molecular formula is C13H23N3S. The fourth-order valence-corrected chi connectivity index (χ4v) is 3.54. The molecule has 1 fully saturated rings. The van der Waals surface area contributed by atoms with Gasteiger partial charge in [-0.15, -0.1) is 11.3 Å². The Morgan fingerprint density at radius 3 is 2.88 bits per heavy atom. The van der Waals surface area contributed by atoms with Crippen molar-refractivity contribution in [2.24, 2.45) is 5.73 Å². The monoisotopic (exact) mass is 253 g/mol. The lowest BCUT2D eigenvalue weighted by atomic mass is 9.96. The van der Waals surface area contributed by atoms with Gasteiger partial charge >= 0.3 is 0 Å². The van der Waals surface area contributed by atoms with Gasteiger partial charge in [-0.2, -0.15) is 0 Å². The van der Waals surface area contributed by atoms with Gasteiger partial charge in [0.2, 0.25) is 0 Å². The Balaban J connectivity index is 2.10. The molecule has 96 valence electrons. The first-order chi connectivity index (χ1) is 8.20. The highest BCUT2D eigenvalue weighted by atomic mass is 32.1. The normalized spacial score (nSPS) is 25.9. The predicted molar refractivity (Wildman–Crippen MR) is 74.3 cm³/mol. The van der Waals surface area contributed by atoms with Gasteiger partial charge in [0.1, 0.15) is 0 Å². The fourth-order valence-electron chi connectivity index (χ4n) is 2.82. The van der Waals surface area contributed by atoms with E-state index < -0.39 is 0 Å². The maximum atomic E-state index is 6.07. The summed E-state index contributed by atoms with van der Waals surface area (Å²) >= 11 is 1.84. The van der Waals surface area contributed by atoms with Crippen molar-refractivity contribution >= 4 is 11.3 Å². The zero-order valence-corrected chi connectivity index (χ0v) is 11.7. The second kappa shape index (κ2) is 5.48. The summed E-state index contributed by atoms with van der Waals surface area (Å²) in [6.07, 6.45) is 1.19. The number of nitrogens with two attached hydrogens (primary N) is 1. The van der Waals surface area contributed by atoms with E-state index in [-0.39, 0.29) is 5.54 Å². The third kappa shape index (κ3) is 2.71. The molecule has 0 aliphatic carbocycles. The lowest BCUT2D eigenvalue weighted by Crippen LogP contribution is -2.54. The van der Waals surface area contributed by atoms with E-state index in [1.165, 1.54) is 11.3 Å². The Kier molecular flexibility index (Phi) is 4.20. The van der Waals surface area contributed by atoms with Gasteiger partial charge in [-0.05, 0) is 38.0 Å². The number of likely N-dealkylation sites (N-methyl/N-ethyl adjacent to an activating group) is 2. The SMILES string of the molecule is CCN(Cc1cccs1)C1(CN)CCN(C)C1. The van der Waals surface area contributed by atoms with E-state index in [0.717, 1.165) is 32.7 Å². The molecule has 2 N–H and O–H groups in total. The molecule has 1 aliphatic rings. The number of likely N-dealkylation sites (tertiary alicyclic amines) is 1. The Hall–Kier alpha value is -0.420. The first-order valence-electron chi connectivity index (χ1n) is 6.36. The summed E-state index contributed by atoms with van der Waals surface area (Å²) in [5.74, 6) is 0. The van der Waals surface area contributed by atoms with Crippen LogP contribution in [0.4, 0.5) is 0 Å². The molecule has 2 heterocycles. The standard InChI is InChI=1S/C13H23N3S/c1-3-16(9-12-5-4-8-17-12)13(10-14)6-7-15(2)11-13/h4-5,8H,3,6-7,9-11,14H2,1-2H3. The fraction of sp³-hybridized carbons (Fsp3) is 0.692. The molecule has 0 bridgehead atoms. The van der Waals surface area contributed by atoms with Gasteiger partial charge in [0.25, 0.3) is 0 Å². The van der Waals surface area contributed by atoms with Crippen molar-refractivity contribution in [1.82, 2.24) is 9.80 Å². The van der Waals surface area contributed by atoms with Crippen LogP contribution < -0.4 is 5.73 Å². The van der Waals surface area contributed by atoms with Crippen molar-refractivity contribution in [2.75, 3.05) is 33.2 Å². The van der Waals surface area contributed by atoms with Crippen LogP contribution in [-0.4, -0.2) is 48.6 Å². The van der Waals surface area contributed by atoms with Gasteiger partial charge < -0.3 is 10.6 Å². The molecule has 1 atom stereocenters. The van der Waals surface area contributed by atoms with Gasteiger partial charge in [-0.1, -0.05) is 13.0 Å². The summed E-state index contributed by atoms with van der Waals surface area (Å²) in [5.41, 5.74) is 6.26. The van der Waals surface area contributed by atoms with E-state index in [9.17, 15) is 0 Å². The maximum absolute atomic E-state index is 6.07. The third-order valence-corrected chi connectivity index (χ3v) is 4.74. The van der Waals surface area contributed by atoms with Crippen LogP contribution in [-0.2, 0) is 6.54 Å². The van der Waals surface area contributed by atoms with E-state index in [2.05, 4.69) is 41.3 Å². The Morgan fingerprint density at radius 2 is 2.41 bits per heavy atom. The first-order valence-corrected chi connectivity index (χ1v) is 7.24. The molecule has 0 amide bonds. The summed E-state index contributed by atoms with van der Waals surface area (Å²) in [6.45, 7) is 7.38. The van der Waals surface area contributed by atoms with Crippen LogP contribution in [0.1, 0.15) is 18.2 Å². The van der Waals surface area contributed by atoms with Gasteiger partial charge in [0, 0.05) is 30.1 Å².